The van der Waals surface area contributed by atoms with Gasteiger partial charge in [0, 0.05) is 24.3 Å². The lowest BCUT2D eigenvalue weighted by atomic mass is 10.1. The van der Waals surface area contributed by atoms with Gasteiger partial charge in [0.15, 0.2) is 0 Å². The van der Waals surface area contributed by atoms with Crippen LogP contribution in [-0.4, -0.2) is 29.4 Å². The van der Waals surface area contributed by atoms with Crippen molar-refractivity contribution in [3.05, 3.63) is 65.2 Å². The van der Waals surface area contributed by atoms with E-state index in [-0.39, 0.29) is 29.4 Å². The second-order valence-corrected chi connectivity index (χ2v) is 5.84. The van der Waals surface area contributed by atoms with Crippen molar-refractivity contribution in [2.75, 3.05) is 6.54 Å². The molecule has 2 N–H and O–H groups in total. The molecule has 1 heterocycles. The first-order valence-electron chi connectivity index (χ1n) is 8.29. The van der Waals surface area contributed by atoms with Crippen molar-refractivity contribution in [2.24, 2.45) is 0 Å². The highest BCUT2D eigenvalue weighted by Gasteiger charge is 2.13. The summed E-state index contributed by atoms with van der Waals surface area (Å²) in [7, 11) is 0. The van der Waals surface area contributed by atoms with E-state index < -0.39 is 0 Å². The smallest absolute Gasteiger partial charge is 0.270 e. The van der Waals surface area contributed by atoms with Gasteiger partial charge in [-0.2, -0.15) is 0 Å². The maximum atomic E-state index is 12.9. The van der Waals surface area contributed by atoms with Crippen LogP contribution in [0.25, 0.3) is 0 Å². The lowest BCUT2D eigenvalue weighted by Crippen LogP contribution is -2.33. The Labute approximate surface area is 146 Å². The fourth-order valence-corrected chi connectivity index (χ4v) is 2.17. The van der Waals surface area contributed by atoms with Crippen LogP contribution in [-0.2, 0) is 6.42 Å². The van der Waals surface area contributed by atoms with Crippen LogP contribution in [0, 0.1) is 5.82 Å². The van der Waals surface area contributed by atoms with Gasteiger partial charge in [0.2, 0.25) is 0 Å². The van der Waals surface area contributed by atoms with Crippen molar-refractivity contribution in [3.63, 3.8) is 0 Å². The van der Waals surface area contributed by atoms with E-state index in [9.17, 15) is 14.0 Å². The molecule has 2 rings (SSSR count). The molecule has 0 saturated carbocycles. The molecule has 0 radical (unpaired) electrons. The maximum absolute atomic E-state index is 12.9. The van der Waals surface area contributed by atoms with Crippen LogP contribution in [0.2, 0.25) is 0 Å². The monoisotopic (exact) mass is 343 g/mol. The van der Waals surface area contributed by atoms with E-state index in [1.807, 2.05) is 13.8 Å². The van der Waals surface area contributed by atoms with Crippen molar-refractivity contribution >= 4 is 11.8 Å². The van der Waals surface area contributed by atoms with Gasteiger partial charge in [-0.3, -0.25) is 14.6 Å². The molecule has 0 aliphatic heterocycles. The fourth-order valence-electron chi connectivity index (χ4n) is 2.17. The number of carbonyl (C=O) groups excluding carboxylic acids is 2. The maximum Gasteiger partial charge on any atom is 0.270 e. The van der Waals surface area contributed by atoms with Gasteiger partial charge >= 0.3 is 0 Å². The number of aromatic nitrogens is 1. The lowest BCUT2D eigenvalue weighted by molar-refractivity contribution is 0.0934. The Kier molecular flexibility index (Phi) is 6.62. The summed E-state index contributed by atoms with van der Waals surface area (Å²) in [4.78, 5) is 28.3. The van der Waals surface area contributed by atoms with E-state index in [1.54, 1.807) is 18.2 Å². The van der Waals surface area contributed by atoms with Gasteiger partial charge in [-0.1, -0.05) is 19.1 Å². The molecule has 0 fully saturated rings. The molecule has 0 aliphatic rings. The molecule has 0 spiro atoms. The molecule has 1 atom stereocenters. The van der Waals surface area contributed by atoms with Crippen LogP contribution in [0.15, 0.2) is 42.6 Å². The summed E-state index contributed by atoms with van der Waals surface area (Å²) in [6.07, 6.45) is 2.86. The number of nitrogens with one attached hydrogen (secondary N) is 2. The van der Waals surface area contributed by atoms with E-state index in [4.69, 9.17) is 0 Å². The third-order valence-electron chi connectivity index (χ3n) is 3.86. The molecule has 132 valence electrons. The minimum absolute atomic E-state index is 0.0440. The average Bonchev–Trinajstić information content (AvgIpc) is 2.63. The Morgan fingerprint density at radius 1 is 1.16 bits per heavy atom. The molecular formula is C19H22FN3O2. The molecule has 0 bridgehead atoms. The zero-order chi connectivity index (χ0) is 18.2. The molecule has 1 aromatic carbocycles. The first-order valence-corrected chi connectivity index (χ1v) is 8.29. The predicted octanol–water partition coefficient (Wildman–Crippen LogP) is 2.72. The number of halogens is 1. The Morgan fingerprint density at radius 3 is 2.56 bits per heavy atom. The van der Waals surface area contributed by atoms with E-state index in [1.165, 1.54) is 24.4 Å². The molecular weight excluding hydrogens is 321 g/mol. The fraction of sp³-hybridized carbons (Fsp3) is 0.316. The SMILES string of the molecule is CCC(C)NC(=O)c1cc(C(=O)NCCc2ccc(F)cc2)ccn1. The zero-order valence-electron chi connectivity index (χ0n) is 14.4. The summed E-state index contributed by atoms with van der Waals surface area (Å²) in [5.74, 6) is -0.856. The molecule has 0 saturated heterocycles. The molecule has 2 aromatic rings. The molecule has 5 nitrogen and oxygen atoms in total. The normalized spacial score (nSPS) is 11.6. The molecule has 2 amide bonds. The summed E-state index contributed by atoms with van der Waals surface area (Å²) in [6, 6.07) is 9.24. The summed E-state index contributed by atoms with van der Waals surface area (Å²) in [6.45, 7) is 4.30. The molecule has 1 aromatic heterocycles. The highest BCUT2D eigenvalue weighted by atomic mass is 19.1. The Balaban J connectivity index is 1.91. The first-order chi connectivity index (χ1) is 12.0. The third-order valence-corrected chi connectivity index (χ3v) is 3.86. The van der Waals surface area contributed by atoms with Crippen LogP contribution in [0.3, 0.4) is 0 Å². The number of rotatable bonds is 7. The van der Waals surface area contributed by atoms with Crippen molar-refractivity contribution < 1.29 is 14.0 Å². The van der Waals surface area contributed by atoms with E-state index in [2.05, 4.69) is 15.6 Å². The summed E-state index contributed by atoms with van der Waals surface area (Å²) in [5, 5.41) is 5.61. The van der Waals surface area contributed by atoms with Gasteiger partial charge < -0.3 is 10.6 Å². The predicted molar refractivity (Wildman–Crippen MR) is 93.9 cm³/mol. The van der Waals surface area contributed by atoms with Crippen molar-refractivity contribution in [1.29, 1.82) is 0 Å². The van der Waals surface area contributed by atoms with Gasteiger partial charge in [0.1, 0.15) is 11.5 Å². The van der Waals surface area contributed by atoms with E-state index >= 15 is 0 Å². The number of hydrogen-bond donors (Lipinski definition) is 2. The number of pyridine rings is 1. The highest BCUT2D eigenvalue weighted by molar-refractivity contribution is 5.98. The van der Waals surface area contributed by atoms with Gasteiger partial charge in [-0.15, -0.1) is 0 Å². The van der Waals surface area contributed by atoms with Crippen LogP contribution in [0.5, 0.6) is 0 Å². The quantitative estimate of drug-likeness (QED) is 0.812. The standard InChI is InChI=1S/C19H22FN3O2/c1-3-13(2)23-19(25)17-12-15(9-11-21-17)18(24)22-10-8-14-4-6-16(20)7-5-14/h4-7,9,11-13H,3,8,10H2,1-2H3,(H,22,24)(H,23,25). The van der Waals surface area contributed by atoms with Crippen LogP contribution in [0.4, 0.5) is 4.39 Å². The van der Waals surface area contributed by atoms with Crippen molar-refractivity contribution in [1.82, 2.24) is 15.6 Å². The molecule has 0 aliphatic carbocycles. The van der Waals surface area contributed by atoms with Gasteiger partial charge in [0.25, 0.3) is 11.8 Å². The van der Waals surface area contributed by atoms with Gasteiger partial charge in [-0.25, -0.2) is 4.39 Å². The third kappa shape index (κ3) is 5.67. The Morgan fingerprint density at radius 2 is 1.88 bits per heavy atom. The van der Waals surface area contributed by atoms with Gasteiger partial charge in [0.05, 0.1) is 0 Å². The van der Waals surface area contributed by atoms with E-state index in [0.717, 1.165) is 12.0 Å². The number of hydrogen-bond acceptors (Lipinski definition) is 3. The summed E-state index contributed by atoms with van der Waals surface area (Å²) >= 11 is 0. The summed E-state index contributed by atoms with van der Waals surface area (Å²) in [5.41, 5.74) is 1.53. The molecule has 1 unspecified atom stereocenters. The van der Waals surface area contributed by atoms with Crippen molar-refractivity contribution in [3.8, 4) is 0 Å². The average molecular weight is 343 g/mol. The largest absolute Gasteiger partial charge is 0.352 e. The van der Waals surface area contributed by atoms with E-state index in [0.29, 0.717) is 18.5 Å². The molecule has 6 heteroatoms. The minimum atomic E-state index is -0.296. The van der Waals surface area contributed by atoms with Crippen molar-refractivity contribution in [2.45, 2.75) is 32.7 Å². The topological polar surface area (TPSA) is 71.1 Å². The number of carbonyl (C=O) groups is 2. The second-order valence-electron chi connectivity index (χ2n) is 5.84. The lowest BCUT2D eigenvalue weighted by Gasteiger charge is -2.11. The number of nitrogens with zero attached hydrogens (tertiary/aromatic N) is 1. The first kappa shape index (κ1) is 18.6. The Bertz CT molecular complexity index is 732. The minimum Gasteiger partial charge on any atom is -0.352 e. The zero-order valence-corrected chi connectivity index (χ0v) is 14.4. The van der Waals surface area contributed by atoms with Crippen LogP contribution < -0.4 is 10.6 Å². The second kappa shape index (κ2) is 8.92. The Hall–Kier alpha value is -2.76. The number of benzene rings is 1. The molecule has 25 heavy (non-hydrogen) atoms. The summed E-state index contributed by atoms with van der Waals surface area (Å²) < 4.78 is 12.9. The van der Waals surface area contributed by atoms with Crippen LogP contribution >= 0.6 is 0 Å². The van der Waals surface area contributed by atoms with Crippen LogP contribution in [0.1, 0.15) is 46.7 Å². The van der Waals surface area contributed by atoms with Gasteiger partial charge in [-0.05, 0) is 49.6 Å². The highest BCUT2D eigenvalue weighted by Crippen LogP contribution is 2.05. The number of amides is 2.